The summed E-state index contributed by atoms with van der Waals surface area (Å²) in [5.41, 5.74) is -0.0303. The first-order valence-corrected chi connectivity index (χ1v) is 5.89. The first kappa shape index (κ1) is 12.5. The van der Waals surface area contributed by atoms with Gasteiger partial charge in [0, 0.05) is 0 Å². The number of aromatic nitrogens is 1. The van der Waals surface area contributed by atoms with Gasteiger partial charge >= 0.3 is 0 Å². The number of anilines is 1. The molecule has 0 saturated carbocycles. The fraction of sp³-hybridized carbons (Fsp3) is 0. The lowest BCUT2D eigenvalue weighted by atomic mass is 10.2. The monoisotopic (exact) mass is 281 g/mol. The molecule has 0 aliphatic rings. The lowest BCUT2D eigenvalue weighted by Gasteiger charge is -2.03. The van der Waals surface area contributed by atoms with Gasteiger partial charge < -0.3 is 5.32 Å². The van der Waals surface area contributed by atoms with Crippen molar-refractivity contribution in [1.82, 2.24) is 4.37 Å². The zero-order valence-corrected chi connectivity index (χ0v) is 10.3. The van der Waals surface area contributed by atoms with Crippen LogP contribution < -0.4 is 5.32 Å². The second kappa shape index (κ2) is 5.12. The van der Waals surface area contributed by atoms with Crippen molar-refractivity contribution in [3.8, 4) is 6.07 Å². The Bertz CT molecular complexity index is 650. The number of halogens is 2. The highest BCUT2D eigenvalue weighted by Gasteiger charge is 2.17. The molecular weight excluding hydrogens is 277 g/mol. The molecule has 0 aliphatic heterocycles. The van der Waals surface area contributed by atoms with Gasteiger partial charge in [-0.05, 0) is 23.7 Å². The van der Waals surface area contributed by atoms with Crippen LogP contribution in [-0.4, -0.2) is 10.3 Å². The summed E-state index contributed by atoms with van der Waals surface area (Å²) in [6, 6.07) is 7.38. The number of carbonyl (C=O) groups excluding carboxylic acids is 1. The summed E-state index contributed by atoms with van der Waals surface area (Å²) < 4.78 is 17.1. The van der Waals surface area contributed by atoms with E-state index >= 15 is 0 Å². The molecule has 2 aromatic rings. The highest BCUT2D eigenvalue weighted by Crippen LogP contribution is 2.28. The third-order valence-corrected chi connectivity index (χ3v) is 3.24. The van der Waals surface area contributed by atoms with Crippen molar-refractivity contribution in [2.45, 2.75) is 0 Å². The number of hydrogen-bond donors (Lipinski definition) is 1. The fourth-order valence-corrected chi connectivity index (χ4v) is 2.20. The number of hydrogen-bond acceptors (Lipinski definition) is 4. The van der Waals surface area contributed by atoms with Crippen molar-refractivity contribution >= 4 is 34.0 Å². The van der Waals surface area contributed by atoms with Crippen molar-refractivity contribution < 1.29 is 9.18 Å². The molecule has 7 heteroatoms. The van der Waals surface area contributed by atoms with Crippen LogP contribution in [0.4, 0.5) is 9.39 Å². The first-order chi connectivity index (χ1) is 8.63. The van der Waals surface area contributed by atoms with Crippen LogP contribution in [0.2, 0.25) is 5.15 Å². The summed E-state index contributed by atoms with van der Waals surface area (Å²) in [6.45, 7) is 0. The van der Waals surface area contributed by atoms with E-state index in [2.05, 4.69) is 9.69 Å². The van der Waals surface area contributed by atoms with Gasteiger partial charge in [0.1, 0.15) is 22.5 Å². The van der Waals surface area contributed by atoms with E-state index in [-0.39, 0.29) is 21.3 Å². The maximum Gasteiger partial charge on any atom is 0.259 e. The van der Waals surface area contributed by atoms with Crippen LogP contribution in [0.25, 0.3) is 0 Å². The van der Waals surface area contributed by atoms with Crippen molar-refractivity contribution in [2.75, 3.05) is 5.32 Å². The van der Waals surface area contributed by atoms with Gasteiger partial charge in [-0.15, -0.1) is 0 Å². The van der Waals surface area contributed by atoms with Crippen molar-refractivity contribution in [3.63, 3.8) is 0 Å². The predicted molar refractivity (Wildman–Crippen MR) is 66.2 cm³/mol. The molecule has 18 heavy (non-hydrogen) atoms. The smallest absolute Gasteiger partial charge is 0.259 e. The number of nitrogens with zero attached hydrogens (tertiary/aromatic N) is 2. The Balaban J connectivity index is 2.28. The molecule has 0 radical (unpaired) electrons. The molecule has 0 unspecified atom stereocenters. The molecule has 1 amide bonds. The highest BCUT2D eigenvalue weighted by atomic mass is 35.5. The number of carbonyl (C=O) groups is 1. The number of amides is 1. The summed E-state index contributed by atoms with van der Waals surface area (Å²) >= 11 is 6.53. The Morgan fingerprint density at radius 3 is 2.89 bits per heavy atom. The van der Waals surface area contributed by atoms with Crippen LogP contribution in [0, 0.1) is 17.1 Å². The van der Waals surface area contributed by atoms with Gasteiger partial charge in [0.05, 0.1) is 5.56 Å². The molecule has 1 aromatic carbocycles. The number of benzene rings is 1. The second-order valence-electron chi connectivity index (χ2n) is 3.22. The van der Waals surface area contributed by atoms with E-state index in [9.17, 15) is 9.18 Å². The summed E-state index contributed by atoms with van der Waals surface area (Å²) in [5.74, 6) is -1.28. The first-order valence-electron chi connectivity index (χ1n) is 4.74. The summed E-state index contributed by atoms with van der Waals surface area (Å²) in [5, 5.41) is 11.5. The van der Waals surface area contributed by atoms with Crippen LogP contribution in [0.5, 0.6) is 0 Å². The number of rotatable bonds is 2. The lowest BCUT2D eigenvalue weighted by molar-refractivity contribution is 0.102. The Morgan fingerprint density at radius 2 is 2.22 bits per heavy atom. The second-order valence-corrected chi connectivity index (χ2v) is 4.35. The molecule has 1 N–H and O–H groups in total. The topological polar surface area (TPSA) is 65.8 Å². The van der Waals surface area contributed by atoms with E-state index in [1.807, 2.05) is 6.07 Å². The van der Waals surface area contributed by atoms with E-state index < -0.39 is 11.7 Å². The molecule has 1 aromatic heterocycles. The van der Waals surface area contributed by atoms with Crippen LogP contribution in [0.1, 0.15) is 15.9 Å². The Morgan fingerprint density at radius 1 is 1.50 bits per heavy atom. The van der Waals surface area contributed by atoms with Gasteiger partial charge in [-0.1, -0.05) is 23.7 Å². The van der Waals surface area contributed by atoms with E-state index in [1.165, 1.54) is 18.2 Å². The van der Waals surface area contributed by atoms with Gasteiger partial charge in [-0.3, -0.25) is 4.79 Å². The van der Waals surface area contributed by atoms with Crippen molar-refractivity contribution in [1.29, 1.82) is 5.26 Å². The van der Waals surface area contributed by atoms with Gasteiger partial charge in [-0.25, -0.2) is 4.39 Å². The summed E-state index contributed by atoms with van der Waals surface area (Å²) in [4.78, 5) is 11.8. The summed E-state index contributed by atoms with van der Waals surface area (Å²) in [6.07, 6.45) is 0. The Kier molecular flexibility index (Phi) is 3.55. The lowest BCUT2D eigenvalue weighted by Crippen LogP contribution is -2.13. The molecule has 0 fully saturated rings. The highest BCUT2D eigenvalue weighted by molar-refractivity contribution is 7.11. The van der Waals surface area contributed by atoms with Gasteiger partial charge in [0.2, 0.25) is 0 Å². The zero-order chi connectivity index (χ0) is 13.1. The van der Waals surface area contributed by atoms with Crippen LogP contribution in [0.3, 0.4) is 0 Å². The molecule has 4 nitrogen and oxygen atoms in total. The van der Waals surface area contributed by atoms with Crippen molar-refractivity contribution in [2.24, 2.45) is 0 Å². The average molecular weight is 282 g/mol. The van der Waals surface area contributed by atoms with Gasteiger partial charge in [0.25, 0.3) is 5.91 Å². The number of nitriles is 1. The number of nitrogens with one attached hydrogen (secondary N) is 1. The minimum atomic E-state index is -0.648. The fourth-order valence-electron chi connectivity index (χ4n) is 1.27. The van der Waals surface area contributed by atoms with Crippen molar-refractivity contribution in [3.05, 3.63) is 46.4 Å². The molecular formula is C11H5ClFN3OS. The SMILES string of the molecule is N#Cc1c(Cl)nsc1NC(=O)c1ccccc1F. The van der Waals surface area contributed by atoms with E-state index in [0.29, 0.717) is 0 Å². The third-order valence-electron chi connectivity index (χ3n) is 2.11. The molecule has 0 bridgehead atoms. The largest absolute Gasteiger partial charge is 0.311 e. The molecule has 0 saturated heterocycles. The average Bonchev–Trinajstić information content (AvgIpc) is 2.70. The normalized spacial score (nSPS) is 9.83. The maximum atomic E-state index is 13.4. The van der Waals surface area contributed by atoms with Crippen LogP contribution >= 0.6 is 23.1 Å². The molecule has 0 aliphatic carbocycles. The van der Waals surface area contributed by atoms with Gasteiger partial charge in [0.15, 0.2) is 5.15 Å². The molecule has 2 rings (SSSR count). The minimum absolute atomic E-state index is 0.0198. The molecule has 0 spiro atoms. The molecule has 0 atom stereocenters. The zero-order valence-electron chi connectivity index (χ0n) is 8.78. The third kappa shape index (κ3) is 2.32. The quantitative estimate of drug-likeness (QED) is 0.920. The molecule has 1 heterocycles. The van der Waals surface area contributed by atoms with E-state index in [0.717, 1.165) is 11.5 Å². The van der Waals surface area contributed by atoms with E-state index in [4.69, 9.17) is 16.9 Å². The van der Waals surface area contributed by atoms with E-state index in [1.54, 1.807) is 6.07 Å². The van der Waals surface area contributed by atoms with Gasteiger partial charge in [-0.2, -0.15) is 9.64 Å². The molecule has 90 valence electrons. The Labute approximate surface area is 111 Å². The predicted octanol–water partition coefficient (Wildman–Crippen LogP) is 3.06. The minimum Gasteiger partial charge on any atom is -0.311 e. The maximum absolute atomic E-state index is 13.4. The van der Waals surface area contributed by atoms with Crippen LogP contribution in [0.15, 0.2) is 24.3 Å². The standard InChI is InChI=1S/C11H5ClFN3OS/c12-9-7(5-14)11(18-16-9)15-10(17)6-3-1-2-4-8(6)13/h1-4H,(H,15,17). The Hall–Kier alpha value is -1.97. The van der Waals surface area contributed by atoms with Crippen LogP contribution in [-0.2, 0) is 0 Å². The summed E-state index contributed by atoms with van der Waals surface area (Å²) in [7, 11) is 0.